The third kappa shape index (κ3) is 5.40. The van der Waals surface area contributed by atoms with Crippen molar-refractivity contribution < 1.29 is 14.3 Å². The Morgan fingerprint density at radius 1 is 1.30 bits per heavy atom. The minimum absolute atomic E-state index is 0.0738. The highest BCUT2D eigenvalue weighted by Gasteiger charge is 2.34. The Labute approximate surface area is 143 Å². The van der Waals surface area contributed by atoms with E-state index in [2.05, 4.69) is 0 Å². The van der Waals surface area contributed by atoms with Crippen LogP contribution >= 0.6 is 11.6 Å². The van der Waals surface area contributed by atoms with Gasteiger partial charge in [0.25, 0.3) is 0 Å². The first kappa shape index (κ1) is 18.1. The summed E-state index contributed by atoms with van der Waals surface area (Å²) in [6, 6.07) is 7.85. The first-order valence-electron chi connectivity index (χ1n) is 8.05. The first-order chi connectivity index (χ1) is 10.8. The molecule has 23 heavy (non-hydrogen) atoms. The third-order valence-electron chi connectivity index (χ3n) is 4.01. The smallest absolute Gasteiger partial charge is 0.410 e. The Bertz CT molecular complexity index is 524. The van der Waals surface area contributed by atoms with E-state index in [0.717, 1.165) is 29.8 Å². The van der Waals surface area contributed by atoms with Crippen LogP contribution in [0.25, 0.3) is 0 Å². The summed E-state index contributed by atoms with van der Waals surface area (Å²) in [7, 11) is 1.73. The van der Waals surface area contributed by atoms with Crippen LogP contribution in [0.3, 0.4) is 0 Å². The maximum absolute atomic E-state index is 12.5. The predicted molar refractivity (Wildman–Crippen MR) is 91.9 cm³/mol. The Morgan fingerprint density at radius 2 is 1.96 bits per heavy atom. The van der Waals surface area contributed by atoms with Gasteiger partial charge in [0.1, 0.15) is 5.60 Å². The predicted octanol–water partition coefficient (Wildman–Crippen LogP) is 4.30. The molecule has 1 aliphatic rings. The number of rotatable bonds is 3. The molecule has 128 valence electrons. The Balaban J connectivity index is 2.11. The Hall–Kier alpha value is -1.26. The van der Waals surface area contributed by atoms with Crippen molar-refractivity contribution in [2.24, 2.45) is 0 Å². The van der Waals surface area contributed by atoms with E-state index in [1.807, 2.05) is 49.9 Å². The number of carbonyl (C=O) groups is 1. The summed E-state index contributed by atoms with van der Waals surface area (Å²) < 4.78 is 11.1. The van der Waals surface area contributed by atoms with Crippen molar-refractivity contribution in [2.75, 3.05) is 13.7 Å². The van der Waals surface area contributed by atoms with Crippen LogP contribution in [0.2, 0.25) is 5.02 Å². The lowest BCUT2D eigenvalue weighted by atomic mass is 9.94. The molecular weight excluding hydrogens is 314 g/mol. The van der Waals surface area contributed by atoms with Gasteiger partial charge in [-0.1, -0.05) is 23.7 Å². The zero-order chi connectivity index (χ0) is 17.0. The molecule has 0 aromatic heterocycles. The minimum Gasteiger partial charge on any atom is -0.444 e. The summed E-state index contributed by atoms with van der Waals surface area (Å²) in [5.41, 5.74) is 0.671. The van der Waals surface area contributed by atoms with Crippen LogP contribution in [0.15, 0.2) is 24.3 Å². The number of hydrogen-bond acceptors (Lipinski definition) is 3. The lowest BCUT2D eigenvalue weighted by molar-refractivity contribution is -0.0177. The van der Waals surface area contributed by atoms with Crippen LogP contribution < -0.4 is 0 Å². The second kappa shape index (κ2) is 7.54. The number of likely N-dealkylation sites (tertiary alicyclic amines) is 1. The maximum atomic E-state index is 12.5. The van der Waals surface area contributed by atoms with Gasteiger partial charge in [-0.25, -0.2) is 4.79 Å². The van der Waals surface area contributed by atoms with E-state index < -0.39 is 5.60 Å². The molecule has 1 fully saturated rings. The highest BCUT2D eigenvalue weighted by Crippen LogP contribution is 2.25. The van der Waals surface area contributed by atoms with E-state index in [9.17, 15) is 4.79 Å². The van der Waals surface area contributed by atoms with Gasteiger partial charge in [0.15, 0.2) is 0 Å². The minimum atomic E-state index is -0.486. The van der Waals surface area contributed by atoms with Crippen molar-refractivity contribution in [3.63, 3.8) is 0 Å². The first-order valence-corrected chi connectivity index (χ1v) is 8.43. The van der Waals surface area contributed by atoms with E-state index in [1.54, 1.807) is 7.11 Å². The average Bonchev–Trinajstić information content (AvgIpc) is 2.47. The second-order valence-corrected chi connectivity index (χ2v) is 7.48. The van der Waals surface area contributed by atoms with Gasteiger partial charge in [-0.05, 0) is 57.7 Å². The number of piperidine rings is 1. The molecule has 1 amide bonds. The lowest BCUT2D eigenvalue weighted by Gasteiger charge is -2.39. The van der Waals surface area contributed by atoms with Gasteiger partial charge < -0.3 is 14.4 Å². The number of halogens is 1. The summed E-state index contributed by atoms with van der Waals surface area (Å²) in [4.78, 5) is 14.3. The van der Waals surface area contributed by atoms with Gasteiger partial charge in [0.2, 0.25) is 0 Å². The summed E-state index contributed by atoms with van der Waals surface area (Å²) >= 11 is 5.95. The van der Waals surface area contributed by atoms with Crippen molar-refractivity contribution in [1.29, 1.82) is 0 Å². The van der Waals surface area contributed by atoms with E-state index in [1.165, 1.54) is 0 Å². The van der Waals surface area contributed by atoms with Crippen LogP contribution in [0.4, 0.5) is 4.79 Å². The zero-order valence-corrected chi connectivity index (χ0v) is 15.1. The van der Waals surface area contributed by atoms with Gasteiger partial charge in [0, 0.05) is 24.7 Å². The quantitative estimate of drug-likeness (QED) is 0.824. The van der Waals surface area contributed by atoms with Gasteiger partial charge in [-0.3, -0.25) is 0 Å². The molecule has 0 N–H and O–H groups in total. The van der Waals surface area contributed by atoms with Gasteiger partial charge in [-0.15, -0.1) is 0 Å². The lowest BCUT2D eigenvalue weighted by Crippen LogP contribution is -2.50. The van der Waals surface area contributed by atoms with Gasteiger partial charge in [0.05, 0.1) is 6.10 Å². The molecule has 2 rings (SSSR count). The monoisotopic (exact) mass is 339 g/mol. The fraction of sp³-hybridized carbons (Fsp3) is 0.611. The molecule has 1 heterocycles. The number of nitrogens with zero attached hydrogens (tertiary/aromatic N) is 1. The zero-order valence-electron chi connectivity index (χ0n) is 14.3. The molecule has 0 radical (unpaired) electrons. The topological polar surface area (TPSA) is 38.8 Å². The molecule has 1 aromatic carbocycles. The number of methoxy groups -OCH3 is 1. The Kier molecular flexibility index (Phi) is 5.93. The van der Waals surface area contributed by atoms with Crippen LogP contribution in [-0.2, 0) is 15.9 Å². The Morgan fingerprint density at radius 3 is 2.52 bits per heavy atom. The molecule has 0 bridgehead atoms. The summed E-state index contributed by atoms with van der Waals surface area (Å²) in [5.74, 6) is 0. The number of benzene rings is 1. The van der Waals surface area contributed by atoms with Crippen molar-refractivity contribution >= 4 is 17.7 Å². The average molecular weight is 340 g/mol. The number of carbonyl (C=O) groups excluding carboxylic acids is 1. The number of hydrogen-bond donors (Lipinski definition) is 0. The van der Waals surface area contributed by atoms with E-state index in [4.69, 9.17) is 21.1 Å². The molecule has 0 spiro atoms. The maximum Gasteiger partial charge on any atom is 0.410 e. The highest BCUT2D eigenvalue weighted by molar-refractivity contribution is 6.30. The van der Waals surface area contributed by atoms with E-state index in [-0.39, 0.29) is 18.2 Å². The summed E-state index contributed by atoms with van der Waals surface area (Å²) in [6.07, 6.45) is 2.37. The van der Waals surface area contributed by atoms with Crippen LogP contribution in [0.1, 0.15) is 39.2 Å². The molecule has 1 saturated heterocycles. The molecular formula is C18H26ClNO3. The van der Waals surface area contributed by atoms with Crippen molar-refractivity contribution in [3.05, 3.63) is 34.9 Å². The largest absolute Gasteiger partial charge is 0.444 e. The van der Waals surface area contributed by atoms with E-state index in [0.29, 0.717) is 6.54 Å². The fourth-order valence-electron chi connectivity index (χ4n) is 2.88. The molecule has 5 heteroatoms. The fourth-order valence-corrected chi connectivity index (χ4v) is 3.00. The van der Waals surface area contributed by atoms with Gasteiger partial charge >= 0.3 is 6.09 Å². The van der Waals surface area contributed by atoms with Crippen molar-refractivity contribution in [2.45, 2.75) is 57.8 Å². The number of ether oxygens (including phenoxy) is 2. The van der Waals surface area contributed by atoms with Crippen molar-refractivity contribution in [1.82, 2.24) is 4.90 Å². The van der Waals surface area contributed by atoms with Crippen LogP contribution in [0.5, 0.6) is 0 Å². The molecule has 0 saturated carbocycles. The SMILES string of the molecule is CO[C@@H]1CCN(C(=O)OC(C)(C)C)[C@@H](Cc2ccc(Cl)cc2)C1. The van der Waals surface area contributed by atoms with Crippen LogP contribution in [-0.4, -0.2) is 42.4 Å². The highest BCUT2D eigenvalue weighted by atomic mass is 35.5. The summed E-state index contributed by atoms with van der Waals surface area (Å²) in [5, 5.41) is 0.719. The third-order valence-corrected chi connectivity index (χ3v) is 4.27. The van der Waals surface area contributed by atoms with Crippen LogP contribution in [0, 0.1) is 0 Å². The second-order valence-electron chi connectivity index (χ2n) is 7.04. The molecule has 0 aliphatic carbocycles. The number of amides is 1. The molecule has 1 aliphatic heterocycles. The normalized spacial score (nSPS) is 22.0. The molecule has 1 aromatic rings. The van der Waals surface area contributed by atoms with Gasteiger partial charge in [-0.2, -0.15) is 0 Å². The molecule has 2 atom stereocenters. The molecule has 4 nitrogen and oxygen atoms in total. The standard InChI is InChI=1S/C18H26ClNO3/c1-18(2,3)23-17(21)20-10-9-16(22-4)12-15(20)11-13-5-7-14(19)8-6-13/h5-8,15-16H,9-12H2,1-4H3/t15-,16+/m0/s1. The summed E-state index contributed by atoms with van der Waals surface area (Å²) in [6.45, 7) is 6.33. The van der Waals surface area contributed by atoms with E-state index >= 15 is 0 Å². The molecule has 0 unspecified atom stereocenters. The van der Waals surface area contributed by atoms with Crippen molar-refractivity contribution in [3.8, 4) is 0 Å².